The van der Waals surface area contributed by atoms with Gasteiger partial charge in [0.25, 0.3) is 0 Å². The van der Waals surface area contributed by atoms with E-state index in [4.69, 9.17) is 0 Å². The monoisotopic (exact) mass is 170 g/mol. The Morgan fingerprint density at radius 1 is 1.00 bits per heavy atom. The van der Waals surface area contributed by atoms with Gasteiger partial charge in [0, 0.05) is 5.92 Å². The van der Waals surface area contributed by atoms with Crippen LogP contribution in [0.2, 0.25) is 0 Å². The van der Waals surface area contributed by atoms with Crippen LogP contribution < -0.4 is 0 Å². The molecule has 0 aromatic heterocycles. The van der Waals surface area contributed by atoms with Crippen LogP contribution in [-0.2, 0) is 0 Å². The molecule has 0 saturated heterocycles. The molecule has 3 aliphatic carbocycles. The van der Waals surface area contributed by atoms with Gasteiger partial charge in [-0.3, -0.25) is 0 Å². The third-order valence-corrected chi connectivity index (χ3v) is 3.73. The van der Waals surface area contributed by atoms with Crippen molar-refractivity contribution in [2.45, 2.75) is 44.8 Å². The minimum absolute atomic E-state index is 0.186. The summed E-state index contributed by atoms with van der Waals surface area (Å²) in [6.45, 7) is 0. The van der Waals surface area contributed by atoms with Crippen molar-refractivity contribution in [2.75, 3.05) is 0 Å². The zero-order valence-corrected chi connectivity index (χ0v) is 7.45. The first-order valence-corrected chi connectivity index (χ1v) is 5.13. The van der Waals surface area contributed by atoms with Crippen LogP contribution in [0, 0.1) is 17.8 Å². The van der Waals surface area contributed by atoms with Crippen molar-refractivity contribution in [2.24, 2.45) is 17.8 Å². The third kappa shape index (κ3) is 1.50. The first-order chi connectivity index (χ1) is 5.77. The van der Waals surface area contributed by atoms with Crippen molar-refractivity contribution in [1.82, 2.24) is 0 Å². The normalized spacial score (nSPS) is 41.8. The van der Waals surface area contributed by atoms with Gasteiger partial charge in [-0.2, -0.15) is 0 Å². The van der Waals surface area contributed by atoms with Crippen LogP contribution in [0.5, 0.6) is 0 Å². The van der Waals surface area contributed by atoms with E-state index in [-0.39, 0.29) is 5.92 Å². The summed E-state index contributed by atoms with van der Waals surface area (Å²) in [4.78, 5) is 0. The Balaban J connectivity index is 2.06. The van der Waals surface area contributed by atoms with Crippen molar-refractivity contribution in [3.05, 3.63) is 0 Å². The zero-order valence-electron chi connectivity index (χ0n) is 7.45. The predicted octanol–water partition coefficient (Wildman–Crippen LogP) is 1.51. The van der Waals surface area contributed by atoms with Gasteiger partial charge >= 0.3 is 0 Å². The molecule has 3 fully saturated rings. The van der Waals surface area contributed by atoms with E-state index in [0.717, 1.165) is 12.3 Å². The summed E-state index contributed by atoms with van der Waals surface area (Å²) in [6, 6.07) is 0. The second-order valence-electron chi connectivity index (χ2n) is 4.45. The Morgan fingerprint density at radius 2 is 1.83 bits per heavy atom. The molecular weight excluding hydrogens is 152 g/mol. The molecule has 2 nitrogen and oxygen atoms in total. The van der Waals surface area contributed by atoms with E-state index >= 15 is 0 Å². The van der Waals surface area contributed by atoms with Gasteiger partial charge in [0.05, 0.1) is 0 Å². The van der Waals surface area contributed by atoms with Gasteiger partial charge in [0.2, 0.25) is 0 Å². The summed E-state index contributed by atoms with van der Waals surface area (Å²) in [5, 5.41) is 18.4. The first kappa shape index (κ1) is 8.52. The molecule has 70 valence electrons. The zero-order chi connectivity index (χ0) is 8.55. The van der Waals surface area contributed by atoms with Gasteiger partial charge in [0.15, 0.2) is 6.29 Å². The van der Waals surface area contributed by atoms with E-state index < -0.39 is 6.29 Å². The lowest BCUT2D eigenvalue weighted by molar-refractivity contribution is -0.113. The Morgan fingerprint density at radius 3 is 2.58 bits per heavy atom. The van der Waals surface area contributed by atoms with Gasteiger partial charge in [-0.25, -0.2) is 0 Å². The molecule has 0 radical (unpaired) electrons. The number of fused-ring (bicyclic) bond motifs is 4. The maximum atomic E-state index is 9.18. The van der Waals surface area contributed by atoms with Crippen LogP contribution >= 0.6 is 0 Å². The highest BCUT2D eigenvalue weighted by molar-refractivity contribution is 4.84. The molecule has 2 bridgehead atoms. The summed E-state index contributed by atoms with van der Waals surface area (Å²) < 4.78 is 0. The van der Waals surface area contributed by atoms with Crippen molar-refractivity contribution >= 4 is 0 Å². The first-order valence-electron chi connectivity index (χ1n) is 5.13. The number of rotatable bonds is 1. The maximum Gasteiger partial charge on any atom is 0.154 e. The average molecular weight is 170 g/mol. The van der Waals surface area contributed by atoms with Crippen LogP contribution in [0.25, 0.3) is 0 Å². The van der Waals surface area contributed by atoms with E-state index in [9.17, 15) is 10.2 Å². The average Bonchev–Trinajstić information content (AvgIpc) is 2.36. The number of hydrogen-bond acceptors (Lipinski definition) is 2. The highest BCUT2D eigenvalue weighted by atomic mass is 16.5. The summed E-state index contributed by atoms with van der Waals surface area (Å²) in [7, 11) is 0. The van der Waals surface area contributed by atoms with Gasteiger partial charge in [-0.15, -0.1) is 0 Å². The molecule has 12 heavy (non-hydrogen) atoms. The van der Waals surface area contributed by atoms with Crippen molar-refractivity contribution in [1.29, 1.82) is 0 Å². The maximum absolute atomic E-state index is 9.18. The molecule has 3 saturated carbocycles. The van der Waals surface area contributed by atoms with Crippen LogP contribution in [0.3, 0.4) is 0 Å². The SMILES string of the molecule is OC(O)C1CC2CCCC1CC2. The molecule has 3 rings (SSSR count). The summed E-state index contributed by atoms with van der Waals surface area (Å²) in [5.74, 6) is 1.57. The molecule has 0 aliphatic heterocycles. The van der Waals surface area contributed by atoms with E-state index in [0.29, 0.717) is 5.92 Å². The lowest BCUT2D eigenvalue weighted by atomic mass is 9.75. The molecule has 0 spiro atoms. The fourth-order valence-corrected chi connectivity index (χ4v) is 3.01. The quantitative estimate of drug-likeness (QED) is 0.586. The van der Waals surface area contributed by atoms with E-state index in [2.05, 4.69) is 0 Å². The van der Waals surface area contributed by atoms with Crippen LogP contribution in [0.1, 0.15) is 38.5 Å². The lowest BCUT2D eigenvalue weighted by Crippen LogP contribution is -2.31. The molecule has 2 heteroatoms. The third-order valence-electron chi connectivity index (χ3n) is 3.73. The van der Waals surface area contributed by atoms with E-state index in [1.54, 1.807) is 0 Å². The van der Waals surface area contributed by atoms with E-state index in [1.165, 1.54) is 32.1 Å². The Labute approximate surface area is 73.6 Å². The number of aliphatic hydroxyl groups is 2. The fourth-order valence-electron chi connectivity index (χ4n) is 3.01. The number of hydrogen-bond donors (Lipinski definition) is 2. The van der Waals surface area contributed by atoms with Crippen LogP contribution in [0.15, 0.2) is 0 Å². The minimum atomic E-state index is -1.06. The summed E-state index contributed by atoms with van der Waals surface area (Å²) >= 11 is 0. The topological polar surface area (TPSA) is 40.5 Å². The molecule has 2 N–H and O–H groups in total. The Bertz CT molecular complexity index is 152. The van der Waals surface area contributed by atoms with Crippen molar-refractivity contribution in [3.8, 4) is 0 Å². The van der Waals surface area contributed by atoms with Gasteiger partial charge in [-0.1, -0.05) is 19.3 Å². The molecule has 0 aromatic carbocycles. The largest absolute Gasteiger partial charge is 0.368 e. The Hall–Kier alpha value is -0.0800. The van der Waals surface area contributed by atoms with Gasteiger partial charge in [0.1, 0.15) is 0 Å². The second kappa shape index (κ2) is 3.35. The fraction of sp³-hybridized carbons (Fsp3) is 1.00. The molecule has 0 aromatic rings. The highest BCUT2D eigenvalue weighted by Crippen LogP contribution is 2.43. The molecular formula is C10H18O2. The standard InChI is InChI=1S/C10H18O2/c11-10(12)9-6-7-2-1-3-8(9)5-4-7/h7-12H,1-6H2. The van der Waals surface area contributed by atoms with Gasteiger partial charge in [-0.05, 0) is 31.1 Å². The van der Waals surface area contributed by atoms with Crippen molar-refractivity contribution < 1.29 is 10.2 Å². The predicted molar refractivity (Wildman–Crippen MR) is 46.4 cm³/mol. The summed E-state index contributed by atoms with van der Waals surface area (Å²) in [5.41, 5.74) is 0. The molecule has 0 amide bonds. The molecule has 0 heterocycles. The summed E-state index contributed by atoms with van der Waals surface area (Å²) in [6.07, 6.45) is 6.40. The second-order valence-corrected chi connectivity index (χ2v) is 4.45. The molecule has 3 unspecified atom stereocenters. The van der Waals surface area contributed by atoms with Crippen LogP contribution in [-0.4, -0.2) is 16.5 Å². The van der Waals surface area contributed by atoms with Crippen molar-refractivity contribution in [3.63, 3.8) is 0 Å². The van der Waals surface area contributed by atoms with Crippen LogP contribution in [0.4, 0.5) is 0 Å². The van der Waals surface area contributed by atoms with E-state index in [1.807, 2.05) is 0 Å². The number of aliphatic hydroxyl groups excluding tert-OH is 1. The smallest absolute Gasteiger partial charge is 0.154 e. The lowest BCUT2D eigenvalue weighted by Gasteiger charge is -2.33. The van der Waals surface area contributed by atoms with Gasteiger partial charge < -0.3 is 10.2 Å². The highest BCUT2D eigenvalue weighted by Gasteiger charge is 2.36. The molecule has 3 atom stereocenters. The Kier molecular flexibility index (Phi) is 2.37. The minimum Gasteiger partial charge on any atom is -0.368 e. The molecule has 3 aliphatic rings.